The van der Waals surface area contributed by atoms with Gasteiger partial charge < -0.3 is 14.6 Å². The highest BCUT2D eigenvalue weighted by Crippen LogP contribution is 2.28. The summed E-state index contributed by atoms with van der Waals surface area (Å²) in [6.07, 6.45) is 5.10. The Morgan fingerprint density at radius 1 is 1.32 bits per heavy atom. The number of hydrogen-bond acceptors (Lipinski definition) is 6. The lowest BCUT2D eigenvalue weighted by Crippen LogP contribution is -2.20. The molecule has 0 spiro atoms. The second-order valence-corrected chi connectivity index (χ2v) is 10.3. The summed E-state index contributed by atoms with van der Waals surface area (Å²) < 4.78 is 36.0. The summed E-state index contributed by atoms with van der Waals surface area (Å²) in [5, 5.41) is 6.52. The summed E-state index contributed by atoms with van der Waals surface area (Å²) in [5.74, 6) is 1.74. The summed E-state index contributed by atoms with van der Waals surface area (Å²) in [4.78, 5) is 21.6. The Hall–Kier alpha value is -3.21. The minimum atomic E-state index is -3.83. The van der Waals surface area contributed by atoms with E-state index in [9.17, 15) is 13.2 Å². The van der Waals surface area contributed by atoms with Gasteiger partial charge >= 0.3 is 0 Å². The molecule has 1 unspecified atom stereocenters. The third kappa shape index (κ3) is 5.14. The van der Waals surface area contributed by atoms with Gasteiger partial charge in [0.1, 0.15) is 28.4 Å². The van der Waals surface area contributed by atoms with Crippen LogP contribution in [0.3, 0.4) is 0 Å². The molecule has 11 heteroatoms. The lowest BCUT2D eigenvalue weighted by Gasteiger charge is -2.15. The van der Waals surface area contributed by atoms with Crippen LogP contribution in [0.15, 0.2) is 38.5 Å². The van der Waals surface area contributed by atoms with Crippen molar-refractivity contribution in [3.8, 4) is 5.75 Å². The molecule has 1 fully saturated rings. The van der Waals surface area contributed by atoms with Gasteiger partial charge in [0.25, 0.3) is 15.6 Å². The smallest absolute Gasteiger partial charge is 0.283 e. The molecule has 3 heterocycles. The van der Waals surface area contributed by atoms with E-state index in [4.69, 9.17) is 4.74 Å². The van der Waals surface area contributed by atoms with Crippen LogP contribution in [0.4, 0.5) is 0 Å². The molecule has 0 amide bonds. The lowest BCUT2D eigenvalue weighted by atomic mass is 9.99. The zero-order valence-corrected chi connectivity index (χ0v) is 20.5. The summed E-state index contributed by atoms with van der Waals surface area (Å²) in [7, 11) is -1.97. The van der Waals surface area contributed by atoms with Crippen molar-refractivity contribution in [3.63, 3.8) is 0 Å². The maximum absolute atomic E-state index is 13.0. The normalized spacial score (nSPS) is 16.4. The van der Waals surface area contributed by atoms with Crippen molar-refractivity contribution < 1.29 is 13.2 Å². The van der Waals surface area contributed by atoms with Crippen molar-refractivity contribution in [1.82, 2.24) is 25.1 Å². The third-order valence-electron chi connectivity index (χ3n) is 5.99. The van der Waals surface area contributed by atoms with Crippen LogP contribution in [0, 0.1) is 0 Å². The largest absolute Gasteiger partial charge is 0.493 e. The van der Waals surface area contributed by atoms with E-state index in [1.807, 2.05) is 25.8 Å². The molecule has 1 aliphatic rings. The highest BCUT2D eigenvalue weighted by atomic mass is 32.2. The predicted octanol–water partition coefficient (Wildman–Crippen LogP) is 2.98. The minimum Gasteiger partial charge on any atom is -0.493 e. The highest BCUT2D eigenvalue weighted by Gasteiger charge is 2.22. The summed E-state index contributed by atoms with van der Waals surface area (Å²) in [6, 6.07) is 4.92. The molecule has 1 aliphatic heterocycles. The number of nitrogens with zero attached hydrogens (tertiary/aromatic N) is 4. The molecule has 34 heavy (non-hydrogen) atoms. The van der Waals surface area contributed by atoms with Gasteiger partial charge in [-0.3, -0.25) is 9.89 Å². The molecule has 0 saturated carbocycles. The number of ether oxygens (including phenoxy) is 1. The van der Waals surface area contributed by atoms with E-state index in [0.29, 0.717) is 54.3 Å². The number of amidine groups is 1. The van der Waals surface area contributed by atoms with Crippen LogP contribution < -0.4 is 10.3 Å². The van der Waals surface area contributed by atoms with Crippen molar-refractivity contribution >= 4 is 26.9 Å². The Kier molecular flexibility index (Phi) is 7.01. The number of H-pyrrole nitrogens is 2. The van der Waals surface area contributed by atoms with Gasteiger partial charge in [-0.15, -0.1) is 4.40 Å². The van der Waals surface area contributed by atoms with E-state index in [0.717, 1.165) is 24.9 Å². The molecule has 10 nitrogen and oxygen atoms in total. The van der Waals surface area contributed by atoms with Crippen molar-refractivity contribution in [2.45, 2.75) is 56.8 Å². The van der Waals surface area contributed by atoms with E-state index in [1.165, 1.54) is 6.20 Å². The first-order chi connectivity index (χ1) is 16.3. The number of sulfonamides is 1. The Morgan fingerprint density at radius 2 is 2.15 bits per heavy atom. The maximum atomic E-state index is 13.0. The van der Waals surface area contributed by atoms with Crippen molar-refractivity contribution in [2.75, 3.05) is 20.2 Å². The molecule has 1 atom stereocenters. The van der Waals surface area contributed by atoms with Gasteiger partial charge in [-0.1, -0.05) is 13.8 Å². The molecule has 4 rings (SSSR count). The molecular formula is C23H30N6O4S. The fourth-order valence-electron chi connectivity index (χ4n) is 3.98. The van der Waals surface area contributed by atoms with Crippen LogP contribution in [0.2, 0.25) is 0 Å². The van der Waals surface area contributed by atoms with Gasteiger partial charge in [0.15, 0.2) is 0 Å². The topological polar surface area (TPSA) is 133 Å². The number of benzene rings is 1. The predicted molar refractivity (Wildman–Crippen MR) is 130 cm³/mol. The quantitative estimate of drug-likeness (QED) is 0.475. The Morgan fingerprint density at radius 3 is 2.88 bits per heavy atom. The van der Waals surface area contributed by atoms with Crippen LogP contribution in [0.25, 0.3) is 11.0 Å². The molecule has 3 aromatic rings. The monoisotopic (exact) mass is 486 g/mol. The third-order valence-corrected chi connectivity index (χ3v) is 7.29. The number of hydrogen-bond donors (Lipinski definition) is 2. The average Bonchev–Trinajstić information content (AvgIpc) is 3.45. The second kappa shape index (κ2) is 9.96. The van der Waals surface area contributed by atoms with Crippen LogP contribution in [0.5, 0.6) is 5.75 Å². The van der Waals surface area contributed by atoms with Gasteiger partial charge in [0, 0.05) is 25.9 Å². The Labute approximate surface area is 198 Å². The maximum Gasteiger partial charge on any atom is 0.283 e. The molecule has 0 radical (unpaired) electrons. The number of nitrogens with one attached hydrogen (secondary N) is 2. The van der Waals surface area contributed by atoms with Gasteiger partial charge in [-0.25, -0.2) is 4.98 Å². The summed E-state index contributed by atoms with van der Waals surface area (Å²) >= 11 is 0. The lowest BCUT2D eigenvalue weighted by molar-refractivity contribution is 0.313. The summed E-state index contributed by atoms with van der Waals surface area (Å²) in [6.45, 7) is 5.33. The number of aromatic nitrogens is 4. The number of rotatable bonds is 9. The molecular weight excluding hydrogens is 456 g/mol. The van der Waals surface area contributed by atoms with Crippen LogP contribution >= 0.6 is 0 Å². The van der Waals surface area contributed by atoms with Crippen molar-refractivity contribution in [2.24, 2.45) is 4.40 Å². The Balaban J connectivity index is 1.59. The molecule has 1 saturated heterocycles. The van der Waals surface area contributed by atoms with Gasteiger partial charge in [0.2, 0.25) is 0 Å². The van der Waals surface area contributed by atoms with E-state index in [2.05, 4.69) is 24.6 Å². The van der Waals surface area contributed by atoms with Gasteiger partial charge in [-0.05, 0) is 49.4 Å². The van der Waals surface area contributed by atoms with Crippen LogP contribution in [0.1, 0.15) is 56.8 Å². The Bertz CT molecular complexity index is 1360. The van der Waals surface area contributed by atoms with Crippen molar-refractivity contribution in [3.05, 3.63) is 46.1 Å². The molecule has 182 valence electrons. The van der Waals surface area contributed by atoms with E-state index in [-0.39, 0.29) is 16.4 Å². The van der Waals surface area contributed by atoms with E-state index in [1.54, 1.807) is 18.2 Å². The number of aromatic amines is 2. The first-order valence-electron chi connectivity index (χ1n) is 11.5. The van der Waals surface area contributed by atoms with Crippen LogP contribution in [-0.2, 0) is 16.4 Å². The first kappa shape index (κ1) is 23.9. The summed E-state index contributed by atoms with van der Waals surface area (Å²) in [5.41, 5.74) is 1.38. The zero-order valence-electron chi connectivity index (χ0n) is 19.7. The fraction of sp³-hybridized carbons (Fsp3) is 0.478. The SMILES string of the molecule is CCCOc1ccc(S(=O)(=O)N=C2CCCN2C)cc1CCC(C)c1nc2cn[nH]c2c(=O)[nH]1. The first-order valence-corrected chi connectivity index (χ1v) is 13.0. The van der Waals surface area contributed by atoms with Crippen LogP contribution in [-0.4, -0.2) is 59.5 Å². The average molecular weight is 487 g/mol. The van der Waals surface area contributed by atoms with Crippen molar-refractivity contribution in [1.29, 1.82) is 0 Å². The minimum absolute atomic E-state index is 0.0707. The molecule has 2 N–H and O–H groups in total. The van der Waals surface area contributed by atoms with Gasteiger partial charge in [-0.2, -0.15) is 13.5 Å². The number of aryl methyl sites for hydroxylation is 1. The molecule has 0 aliphatic carbocycles. The molecule has 0 bridgehead atoms. The highest BCUT2D eigenvalue weighted by molar-refractivity contribution is 7.90. The van der Waals surface area contributed by atoms with Gasteiger partial charge in [0.05, 0.1) is 17.7 Å². The zero-order chi connectivity index (χ0) is 24.3. The van der Waals surface area contributed by atoms with E-state index >= 15 is 0 Å². The van der Waals surface area contributed by atoms with E-state index < -0.39 is 10.0 Å². The fourth-order valence-corrected chi connectivity index (χ4v) is 5.12. The second-order valence-electron chi connectivity index (χ2n) is 8.65. The number of likely N-dealkylation sites (tertiary alicyclic amines) is 1. The molecule has 2 aromatic heterocycles. The standard InChI is InChI=1S/C23H30N6O4S/c1-4-12-33-19-10-9-17(34(31,32)28-20-6-5-11-29(20)3)13-16(19)8-7-15(2)22-25-18-14-24-27-21(18)23(30)26-22/h9-10,13-15H,4-8,11-12H2,1-3H3,(H,24,27)(H,25,26,30). The molecule has 1 aromatic carbocycles. The number of fused-ring (bicyclic) bond motifs is 1.